The maximum atomic E-state index is 11.2. The number of aryl methyl sites for hydroxylation is 2. The fourth-order valence-corrected chi connectivity index (χ4v) is 2.63. The number of aromatic nitrogens is 2. The van der Waals surface area contributed by atoms with Crippen LogP contribution in [0.25, 0.3) is 0 Å². The molecule has 2 N–H and O–H groups in total. The molecule has 0 unspecified atom stereocenters. The summed E-state index contributed by atoms with van der Waals surface area (Å²) in [5.74, 6) is 0.813. The van der Waals surface area contributed by atoms with Gasteiger partial charge in [-0.15, -0.1) is 0 Å². The molecule has 0 aliphatic rings. The number of anilines is 1. The summed E-state index contributed by atoms with van der Waals surface area (Å²) in [5, 5.41) is 4.26. The van der Waals surface area contributed by atoms with Crippen LogP contribution < -0.4 is 10.6 Å². The van der Waals surface area contributed by atoms with Crippen LogP contribution in [0, 0.1) is 6.92 Å². The maximum Gasteiger partial charge on any atom is 0.149 e. The summed E-state index contributed by atoms with van der Waals surface area (Å²) in [6.45, 7) is 2.19. The van der Waals surface area contributed by atoms with Crippen LogP contribution in [0.1, 0.15) is 11.3 Å². The standard InChI is InChI=1S/C10H18N4O2S2/c1-7-8(9(11)17)10(14(3)12-7)13(2)5-6-18(4,15)16/h5-6H2,1-4H3,(H2,11,17). The third-order valence-corrected chi connectivity index (χ3v) is 3.73. The van der Waals surface area contributed by atoms with Gasteiger partial charge in [0.1, 0.15) is 20.6 Å². The Bertz CT molecular complexity index is 563. The van der Waals surface area contributed by atoms with Crippen LogP contribution in [0.15, 0.2) is 0 Å². The molecule has 6 nitrogen and oxygen atoms in total. The Morgan fingerprint density at radius 2 is 2.11 bits per heavy atom. The molecule has 0 fully saturated rings. The van der Waals surface area contributed by atoms with Crippen molar-refractivity contribution in [1.29, 1.82) is 0 Å². The second-order valence-corrected chi connectivity index (χ2v) is 7.02. The molecular weight excluding hydrogens is 272 g/mol. The highest BCUT2D eigenvalue weighted by Gasteiger charge is 2.19. The second-order valence-electron chi connectivity index (χ2n) is 4.32. The topological polar surface area (TPSA) is 81.2 Å². The third-order valence-electron chi connectivity index (χ3n) is 2.60. The first-order chi connectivity index (χ1) is 8.13. The van der Waals surface area contributed by atoms with E-state index in [1.54, 1.807) is 23.7 Å². The van der Waals surface area contributed by atoms with E-state index in [1.807, 2.05) is 6.92 Å². The Balaban J connectivity index is 3.05. The molecule has 0 atom stereocenters. The van der Waals surface area contributed by atoms with E-state index in [-0.39, 0.29) is 10.7 Å². The molecular formula is C10H18N4O2S2. The lowest BCUT2D eigenvalue weighted by Crippen LogP contribution is -2.28. The van der Waals surface area contributed by atoms with Crippen LogP contribution in [-0.2, 0) is 16.9 Å². The van der Waals surface area contributed by atoms with Gasteiger partial charge >= 0.3 is 0 Å². The van der Waals surface area contributed by atoms with Crippen molar-refractivity contribution in [2.75, 3.05) is 30.5 Å². The van der Waals surface area contributed by atoms with Crippen LogP contribution in [0.5, 0.6) is 0 Å². The molecule has 0 spiro atoms. The van der Waals surface area contributed by atoms with E-state index in [0.717, 1.165) is 11.5 Å². The summed E-state index contributed by atoms with van der Waals surface area (Å²) in [6, 6.07) is 0. The molecule has 0 bridgehead atoms. The maximum absolute atomic E-state index is 11.2. The summed E-state index contributed by atoms with van der Waals surface area (Å²) >= 11 is 5.01. The zero-order valence-electron chi connectivity index (χ0n) is 11.0. The highest BCUT2D eigenvalue weighted by atomic mass is 32.2. The van der Waals surface area contributed by atoms with E-state index in [9.17, 15) is 8.42 Å². The number of nitrogens with two attached hydrogens (primary N) is 1. The van der Waals surface area contributed by atoms with Gasteiger partial charge in [0, 0.05) is 26.9 Å². The van der Waals surface area contributed by atoms with Gasteiger partial charge in [-0.2, -0.15) is 5.10 Å². The average Bonchev–Trinajstić information content (AvgIpc) is 2.49. The first-order valence-corrected chi connectivity index (χ1v) is 7.82. The zero-order chi connectivity index (χ0) is 14.1. The predicted octanol–water partition coefficient (Wildman–Crippen LogP) is -0.156. The molecule has 0 saturated heterocycles. The van der Waals surface area contributed by atoms with E-state index < -0.39 is 9.84 Å². The first-order valence-electron chi connectivity index (χ1n) is 5.35. The summed E-state index contributed by atoms with van der Waals surface area (Å²) in [5.41, 5.74) is 7.12. The van der Waals surface area contributed by atoms with Gasteiger partial charge in [0.25, 0.3) is 0 Å². The van der Waals surface area contributed by atoms with Crippen molar-refractivity contribution in [3.05, 3.63) is 11.3 Å². The molecule has 0 saturated carbocycles. The van der Waals surface area contributed by atoms with E-state index >= 15 is 0 Å². The largest absolute Gasteiger partial charge is 0.389 e. The molecule has 1 heterocycles. The van der Waals surface area contributed by atoms with Crippen LogP contribution >= 0.6 is 12.2 Å². The van der Waals surface area contributed by atoms with Crippen molar-refractivity contribution < 1.29 is 8.42 Å². The zero-order valence-corrected chi connectivity index (χ0v) is 12.6. The second kappa shape index (κ2) is 5.23. The average molecular weight is 290 g/mol. The number of thiocarbonyl (C=S) groups is 1. The van der Waals surface area contributed by atoms with Gasteiger partial charge in [-0.1, -0.05) is 12.2 Å². The van der Waals surface area contributed by atoms with Crippen molar-refractivity contribution >= 4 is 32.9 Å². The Morgan fingerprint density at radius 1 is 1.56 bits per heavy atom. The molecule has 1 rings (SSSR count). The molecule has 0 aromatic carbocycles. The molecule has 0 aliphatic carbocycles. The minimum absolute atomic E-state index is 0.0739. The molecule has 1 aromatic heterocycles. The lowest BCUT2D eigenvalue weighted by atomic mass is 10.2. The predicted molar refractivity (Wildman–Crippen MR) is 76.8 cm³/mol. The van der Waals surface area contributed by atoms with E-state index in [4.69, 9.17) is 18.0 Å². The van der Waals surface area contributed by atoms with Crippen molar-refractivity contribution in [2.45, 2.75) is 6.92 Å². The molecule has 1 aromatic rings. The molecule has 102 valence electrons. The third kappa shape index (κ3) is 3.42. The van der Waals surface area contributed by atoms with Crippen molar-refractivity contribution in [2.24, 2.45) is 12.8 Å². The summed E-state index contributed by atoms with van der Waals surface area (Å²) < 4.78 is 24.0. The number of sulfone groups is 1. The van der Waals surface area contributed by atoms with Gasteiger partial charge < -0.3 is 10.6 Å². The van der Waals surface area contributed by atoms with Gasteiger partial charge in [0.05, 0.1) is 17.0 Å². The van der Waals surface area contributed by atoms with Gasteiger partial charge in [0.15, 0.2) is 0 Å². The van der Waals surface area contributed by atoms with Crippen LogP contribution in [-0.4, -0.2) is 48.8 Å². The number of hydrogen-bond donors (Lipinski definition) is 1. The number of rotatable bonds is 5. The molecule has 8 heteroatoms. The quantitative estimate of drug-likeness (QED) is 0.759. The monoisotopic (exact) mass is 290 g/mol. The Kier molecular flexibility index (Phi) is 4.33. The van der Waals surface area contributed by atoms with Gasteiger partial charge in [-0.25, -0.2) is 8.42 Å². The van der Waals surface area contributed by atoms with Gasteiger partial charge in [-0.05, 0) is 6.92 Å². The minimum atomic E-state index is -3.00. The normalized spacial score (nSPS) is 11.6. The van der Waals surface area contributed by atoms with Gasteiger partial charge in [0.2, 0.25) is 0 Å². The van der Waals surface area contributed by atoms with Gasteiger partial charge in [-0.3, -0.25) is 4.68 Å². The first kappa shape index (κ1) is 14.9. The highest BCUT2D eigenvalue weighted by Crippen LogP contribution is 2.21. The van der Waals surface area contributed by atoms with Crippen molar-refractivity contribution in [1.82, 2.24) is 9.78 Å². The van der Waals surface area contributed by atoms with E-state index in [2.05, 4.69) is 5.10 Å². The SMILES string of the molecule is Cc1nn(C)c(N(C)CCS(C)(=O)=O)c1C(N)=S. The molecule has 18 heavy (non-hydrogen) atoms. The smallest absolute Gasteiger partial charge is 0.149 e. The Morgan fingerprint density at radius 3 is 2.56 bits per heavy atom. The summed E-state index contributed by atoms with van der Waals surface area (Å²) in [6.07, 6.45) is 1.21. The lowest BCUT2D eigenvalue weighted by molar-refractivity contribution is 0.600. The van der Waals surface area contributed by atoms with E-state index in [0.29, 0.717) is 12.1 Å². The van der Waals surface area contributed by atoms with Crippen LogP contribution in [0.3, 0.4) is 0 Å². The van der Waals surface area contributed by atoms with Crippen LogP contribution in [0.2, 0.25) is 0 Å². The minimum Gasteiger partial charge on any atom is -0.389 e. The fourth-order valence-electron chi connectivity index (χ4n) is 1.78. The van der Waals surface area contributed by atoms with E-state index in [1.165, 1.54) is 6.26 Å². The summed E-state index contributed by atoms with van der Waals surface area (Å²) in [4.78, 5) is 2.07. The fraction of sp³-hybridized carbons (Fsp3) is 0.600. The molecule has 0 aliphatic heterocycles. The highest BCUT2D eigenvalue weighted by molar-refractivity contribution is 7.90. The Hall–Kier alpha value is -1.15. The van der Waals surface area contributed by atoms with Crippen LogP contribution in [0.4, 0.5) is 5.82 Å². The van der Waals surface area contributed by atoms with Crippen molar-refractivity contribution in [3.8, 4) is 0 Å². The summed E-state index contributed by atoms with van der Waals surface area (Å²) in [7, 11) is 0.572. The lowest BCUT2D eigenvalue weighted by Gasteiger charge is -2.20. The Labute approximate surface area is 113 Å². The molecule has 0 radical (unpaired) electrons. The number of nitrogens with zero attached hydrogens (tertiary/aromatic N) is 3. The molecule has 0 amide bonds. The van der Waals surface area contributed by atoms with Crippen molar-refractivity contribution in [3.63, 3.8) is 0 Å². The number of hydrogen-bond acceptors (Lipinski definition) is 5.